The van der Waals surface area contributed by atoms with E-state index >= 15 is 0 Å². The first kappa shape index (κ1) is 36.3. The van der Waals surface area contributed by atoms with Gasteiger partial charge in [-0.15, -0.1) is 0 Å². The van der Waals surface area contributed by atoms with Crippen LogP contribution in [-0.4, -0.2) is 80.6 Å². The fourth-order valence-corrected chi connectivity index (χ4v) is 3.84. The zero-order valence-corrected chi connectivity index (χ0v) is 24.1. The first-order valence-electron chi connectivity index (χ1n) is 13.5. The van der Waals surface area contributed by atoms with Gasteiger partial charge in [-0.25, -0.2) is 14.4 Å². The van der Waals surface area contributed by atoms with E-state index in [1.807, 2.05) is 5.32 Å². The minimum Gasteiger partial charge on any atom is -0.481 e. The van der Waals surface area contributed by atoms with Crippen molar-refractivity contribution in [1.29, 1.82) is 0 Å². The minimum atomic E-state index is -1.98. The number of benzene rings is 2. The number of carbonyl (C=O) groups excluding carboxylic acids is 6. The van der Waals surface area contributed by atoms with E-state index in [9.17, 15) is 48.3 Å². The molecule has 5 N–H and O–H groups in total. The van der Waals surface area contributed by atoms with Crippen LogP contribution in [-0.2, 0) is 65.8 Å². The third kappa shape index (κ3) is 12.7. The first-order valence-corrected chi connectivity index (χ1v) is 13.5. The summed E-state index contributed by atoms with van der Waals surface area (Å²) in [7, 11) is 0. The molecule has 0 heterocycles. The lowest BCUT2D eigenvalue weighted by Crippen LogP contribution is -2.53. The van der Waals surface area contributed by atoms with Crippen LogP contribution in [0.3, 0.4) is 0 Å². The number of carboxylic acid groups (broad SMARTS) is 3. The van der Waals surface area contributed by atoms with Crippen LogP contribution in [0.15, 0.2) is 60.7 Å². The second-order valence-electron chi connectivity index (χ2n) is 9.73. The van der Waals surface area contributed by atoms with Crippen LogP contribution in [0.25, 0.3) is 0 Å². The van der Waals surface area contributed by atoms with Gasteiger partial charge < -0.3 is 35.4 Å². The Morgan fingerprint density at radius 3 is 1.54 bits per heavy atom. The molecule has 0 spiro atoms. The second kappa shape index (κ2) is 18.0. The number of nitrogens with one attached hydrogen (secondary N) is 2. The number of amides is 2. The summed E-state index contributed by atoms with van der Waals surface area (Å²) in [5, 5.41) is 31.0. The van der Waals surface area contributed by atoms with Gasteiger partial charge in [0.15, 0.2) is 0 Å². The summed E-state index contributed by atoms with van der Waals surface area (Å²) >= 11 is 0. The Morgan fingerprint density at radius 1 is 0.587 bits per heavy atom. The number of carboxylic acids is 3. The highest BCUT2D eigenvalue weighted by Crippen LogP contribution is 2.15. The largest absolute Gasteiger partial charge is 0.481 e. The molecule has 3 unspecified atom stereocenters. The zero-order chi connectivity index (χ0) is 34.2. The van der Waals surface area contributed by atoms with E-state index in [0.29, 0.717) is 11.1 Å². The third-order valence-corrected chi connectivity index (χ3v) is 6.11. The smallest absolute Gasteiger partial charge is 0.375 e. The Morgan fingerprint density at radius 2 is 1.07 bits per heavy atom. The van der Waals surface area contributed by atoms with Crippen molar-refractivity contribution in [3.8, 4) is 0 Å². The molecule has 16 nitrogen and oxygen atoms in total. The molecule has 46 heavy (non-hydrogen) atoms. The van der Waals surface area contributed by atoms with E-state index in [2.05, 4.69) is 0 Å². The van der Waals surface area contributed by atoms with E-state index in [1.54, 1.807) is 66.0 Å². The predicted molar refractivity (Wildman–Crippen MR) is 151 cm³/mol. The molecule has 0 saturated carbocycles. The molecule has 0 fully saturated rings. The summed E-state index contributed by atoms with van der Waals surface area (Å²) in [6.07, 6.45) is -4.19. The summed E-state index contributed by atoms with van der Waals surface area (Å²) in [5.74, 6) is -14.9. The Labute approximate surface area is 260 Å². The van der Waals surface area contributed by atoms with Gasteiger partial charge in [0.05, 0.1) is 12.8 Å². The van der Waals surface area contributed by atoms with E-state index < -0.39 is 96.9 Å². The Bertz CT molecular complexity index is 1460. The van der Waals surface area contributed by atoms with E-state index in [-0.39, 0.29) is 13.2 Å². The number of ether oxygens (including phenoxy) is 2. The van der Waals surface area contributed by atoms with Gasteiger partial charge in [-0.3, -0.25) is 28.8 Å². The highest BCUT2D eigenvalue weighted by Gasteiger charge is 2.35. The molecule has 2 aromatic carbocycles. The Balaban J connectivity index is 2.19. The van der Waals surface area contributed by atoms with Gasteiger partial charge in [0.25, 0.3) is 0 Å². The molecular weight excluding hydrogens is 612 g/mol. The molecule has 0 saturated heterocycles. The van der Waals surface area contributed by atoms with Gasteiger partial charge in [-0.05, 0) is 11.1 Å². The molecule has 0 radical (unpaired) electrons. The van der Waals surface area contributed by atoms with Crippen LogP contribution in [0.1, 0.15) is 36.8 Å². The fraction of sp³-hybridized carbons (Fsp3) is 0.300. The number of ketones is 2. The molecule has 0 aromatic heterocycles. The van der Waals surface area contributed by atoms with Crippen molar-refractivity contribution in [2.45, 2.75) is 51.0 Å². The van der Waals surface area contributed by atoms with Gasteiger partial charge in [-0.2, -0.15) is 0 Å². The van der Waals surface area contributed by atoms with Gasteiger partial charge in [-0.1, -0.05) is 60.7 Å². The topological polar surface area (TPSA) is 257 Å². The quantitative estimate of drug-likeness (QED) is 0.0999. The van der Waals surface area contributed by atoms with E-state index in [1.165, 1.54) is 0 Å². The predicted octanol–water partition coefficient (Wildman–Crippen LogP) is 0.0114. The average molecular weight is 643 g/mol. The first-order chi connectivity index (χ1) is 21.8. The molecule has 2 aromatic rings. The van der Waals surface area contributed by atoms with Crippen LogP contribution >= 0.6 is 0 Å². The third-order valence-electron chi connectivity index (χ3n) is 6.11. The van der Waals surface area contributed by atoms with Crippen molar-refractivity contribution in [2.75, 3.05) is 0 Å². The maximum Gasteiger partial charge on any atom is 0.375 e. The number of hydrogen-bond donors (Lipinski definition) is 5. The molecule has 2 amide bonds. The summed E-state index contributed by atoms with van der Waals surface area (Å²) in [6, 6.07) is 12.5. The molecule has 3 atom stereocenters. The van der Waals surface area contributed by atoms with Crippen LogP contribution in [0.4, 0.5) is 0 Å². The van der Waals surface area contributed by atoms with E-state index in [0.717, 1.165) is 0 Å². The number of esters is 2. The van der Waals surface area contributed by atoms with Crippen LogP contribution in [0.2, 0.25) is 0 Å². The number of carbonyl (C=O) groups is 9. The number of aliphatic carboxylic acids is 3. The van der Waals surface area contributed by atoms with Crippen LogP contribution in [0, 0.1) is 5.92 Å². The molecule has 16 heteroatoms. The summed E-state index contributed by atoms with van der Waals surface area (Å²) in [5.41, 5.74) is 1.04. The molecular formula is C30H30N2O14. The van der Waals surface area contributed by atoms with Gasteiger partial charge in [0.2, 0.25) is 23.4 Å². The minimum absolute atomic E-state index is 0.297. The average Bonchev–Trinajstić information content (AvgIpc) is 3.01. The number of rotatable bonds is 19. The maximum absolute atomic E-state index is 13.0. The monoisotopic (exact) mass is 642 g/mol. The van der Waals surface area contributed by atoms with Crippen molar-refractivity contribution in [2.24, 2.45) is 5.92 Å². The second-order valence-corrected chi connectivity index (χ2v) is 9.73. The van der Waals surface area contributed by atoms with Crippen molar-refractivity contribution in [3.05, 3.63) is 71.8 Å². The van der Waals surface area contributed by atoms with Crippen molar-refractivity contribution < 1.29 is 67.9 Å². The zero-order valence-electron chi connectivity index (χ0n) is 24.1. The molecule has 0 aliphatic rings. The van der Waals surface area contributed by atoms with Gasteiger partial charge in [0.1, 0.15) is 25.3 Å². The lowest BCUT2D eigenvalue weighted by atomic mass is 9.93. The molecule has 0 bridgehead atoms. The lowest BCUT2D eigenvalue weighted by molar-refractivity contribution is -0.159. The van der Waals surface area contributed by atoms with Crippen molar-refractivity contribution in [1.82, 2.24) is 10.6 Å². The Kier molecular flexibility index (Phi) is 14.2. The standard InChI is InChI=1S/C30H30N2O14/c33-22(29(43)45-15-17-7-3-1-4-8-17)11-19(26(39)30(44)46-16-18-9-5-2-6-10-18)12-23(34)31-20(13-24(35)36)27(40)32-21(28(41)42)14-25(37)38/h1-10,19-21H,11-16H2,(H,31,34)(H,32,40)(H,35,36)(H,37,38)(H,41,42). The van der Waals surface area contributed by atoms with E-state index in [4.69, 9.17) is 19.7 Å². The SMILES string of the molecule is O=C(O)CC(NC(=O)C(CC(=O)O)NC(=O)CC(CC(=O)C(=O)OCc1ccccc1)C(=O)C(=O)OCc1ccccc1)C(=O)O. The summed E-state index contributed by atoms with van der Waals surface area (Å²) in [6.45, 7) is -0.645. The summed E-state index contributed by atoms with van der Waals surface area (Å²) in [4.78, 5) is 110. The van der Waals surface area contributed by atoms with Crippen molar-refractivity contribution >= 4 is 53.2 Å². The molecule has 2 rings (SSSR count). The number of hydrogen-bond acceptors (Lipinski definition) is 11. The molecule has 244 valence electrons. The Hall–Kier alpha value is -5.93. The maximum atomic E-state index is 13.0. The lowest BCUT2D eigenvalue weighted by Gasteiger charge is -2.21. The normalized spacial score (nSPS) is 12.3. The van der Waals surface area contributed by atoms with Crippen LogP contribution in [0.5, 0.6) is 0 Å². The van der Waals surface area contributed by atoms with Gasteiger partial charge >= 0.3 is 29.8 Å². The fourth-order valence-electron chi connectivity index (χ4n) is 3.84. The van der Waals surface area contributed by atoms with Crippen LogP contribution < -0.4 is 10.6 Å². The summed E-state index contributed by atoms with van der Waals surface area (Å²) < 4.78 is 9.92. The van der Waals surface area contributed by atoms with Gasteiger partial charge in [0, 0.05) is 18.8 Å². The highest BCUT2D eigenvalue weighted by atomic mass is 16.5. The number of Topliss-reactive ketones (excluding diaryl/α,β-unsaturated/α-hetero) is 2. The van der Waals surface area contributed by atoms with Crippen molar-refractivity contribution in [3.63, 3.8) is 0 Å². The molecule has 0 aliphatic carbocycles. The molecule has 0 aliphatic heterocycles. The highest BCUT2D eigenvalue weighted by molar-refractivity contribution is 6.38.